The summed E-state index contributed by atoms with van der Waals surface area (Å²) >= 11 is 2.39. The van der Waals surface area contributed by atoms with Crippen LogP contribution in [0.1, 0.15) is 27.2 Å². The molecule has 0 amide bonds. The van der Waals surface area contributed by atoms with Crippen LogP contribution in [0.25, 0.3) is 0 Å². The molecule has 9 heavy (non-hydrogen) atoms. The smallest absolute Gasteiger partial charge is 0.0522 e. The lowest BCUT2D eigenvalue weighted by molar-refractivity contribution is 0.180. The number of rotatable bonds is 3. The normalized spacial score (nSPS) is 18.0. The Morgan fingerprint density at radius 3 is 1.89 bits per heavy atom. The average molecular weight is 242 g/mol. The lowest BCUT2D eigenvalue weighted by Crippen LogP contribution is -2.14. The van der Waals surface area contributed by atoms with Crippen LogP contribution in [0.4, 0.5) is 0 Å². The summed E-state index contributed by atoms with van der Waals surface area (Å²) in [6.45, 7) is 6.20. The molecule has 2 atom stereocenters. The summed E-state index contributed by atoms with van der Waals surface area (Å²) in [5, 5.41) is 8.97. The molecule has 0 aromatic carbocycles. The number of aliphatic hydroxyl groups excluding tert-OH is 1. The van der Waals surface area contributed by atoms with Crippen molar-refractivity contribution in [2.75, 3.05) is 0 Å². The van der Waals surface area contributed by atoms with Gasteiger partial charge in [0.2, 0.25) is 0 Å². The van der Waals surface area contributed by atoms with Gasteiger partial charge in [-0.25, -0.2) is 0 Å². The second kappa shape index (κ2) is 4.50. The van der Waals surface area contributed by atoms with E-state index in [9.17, 15) is 0 Å². The van der Waals surface area contributed by atoms with Gasteiger partial charge in [-0.2, -0.15) is 0 Å². The van der Waals surface area contributed by atoms with Crippen molar-refractivity contribution in [1.82, 2.24) is 0 Å². The second-order valence-electron chi connectivity index (χ2n) is 2.84. The molecule has 0 bridgehead atoms. The van der Waals surface area contributed by atoms with Gasteiger partial charge in [0.05, 0.1) is 6.10 Å². The van der Waals surface area contributed by atoms with Crippen molar-refractivity contribution in [2.45, 2.75) is 37.2 Å². The van der Waals surface area contributed by atoms with E-state index in [4.69, 9.17) is 5.11 Å². The molecule has 0 fully saturated rings. The molecule has 0 aliphatic heterocycles. The highest BCUT2D eigenvalue weighted by atomic mass is 127. The average Bonchev–Trinajstić information content (AvgIpc) is 1.63. The Morgan fingerprint density at radius 1 is 1.33 bits per heavy atom. The van der Waals surface area contributed by atoms with Gasteiger partial charge in [-0.3, -0.25) is 0 Å². The van der Waals surface area contributed by atoms with Gasteiger partial charge in [-0.05, 0) is 19.3 Å². The molecule has 0 rings (SSSR count). The Kier molecular flexibility index (Phi) is 4.84. The van der Waals surface area contributed by atoms with Crippen LogP contribution in [0.15, 0.2) is 0 Å². The first kappa shape index (κ1) is 9.69. The number of alkyl halides is 1. The van der Waals surface area contributed by atoms with Crippen molar-refractivity contribution in [1.29, 1.82) is 0 Å². The van der Waals surface area contributed by atoms with Crippen molar-refractivity contribution >= 4 is 22.6 Å². The van der Waals surface area contributed by atoms with Crippen molar-refractivity contribution in [3.05, 3.63) is 0 Å². The van der Waals surface area contributed by atoms with Crippen molar-refractivity contribution in [3.8, 4) is 0 Å². The van der Waals surface area contributed by atoms with E-state index in [1.165, 1.54) is 0 Å². The van der Waals surface area contributed by atoms with Gasteiger partial charge in [0, 0.05) is 3.92 Å². The molecule has 0 saturated carbocycles. The molecule has 0 spiro atoms. The van der Waals surface area contributed by atoms with Gasteiger partial charge in [0.15, 0.2) is 0 Å². The molecule has 0 saturated heterocycles. The van der Waals surface area contributed by atoms with Gasteiger partial charge in [0.25, 0.3) is 0 Å². The lowest BCUT2D eigenvalue weighted by atomic mass is 10.1. The SMILES string of the molecule is CC(O)CC(I)C(C)C. The van der Waals surface area contributed by atoms with Gasteiger partial charge in [0.1, 0.15) is 0 Å². The molecule has 56 valence electrons. The van der Waals surface area contributed by atoms with Gasteiger partial charge in [-0.15, -0.1) is 0 Å². The maximum Gasteiger partial charge on any atom is 0.0522 e. The summed E-state index contributed by atoms with van der Waals surface area (Å²) in [6, 6.07) is 0. The minimum absolute atomic E-state index is 0.144. The maximum atomic E-state index is 8.97. The highest BCUT2D eigenvalue weighted by molar-refractivity contribution is 14.1. The molecule has 0 aromatic heterocycles. The predicted molar refractivity (Wildman–Crippen MR) is 48.9 cm³/mol. The Morgan fingerprint density at radius 2 is 1.78 bits per heavy atom. The fourth-order valence-corrected chi connectivity index (χ4v) is 1.33. The highest BCUT2D eigenvalue weighted by Gasteiger charge is 2.10. The Hall–Kier alpha value is 0.690. The molecular weight excluding hydrogens is 227 g/mol. The maximum absolute atomic E-state index is 8.97. The summed E-state index contributed by atoms with van der Waals surface area (Å²) in [7, 11) is 0. The van der Waals surface area contributed by atoms with E-state index < -0.39 is 0 Å². The molecule has 0 aliphatic rings. The number of halogens is 1. The molecule has 1 nitrogen and oxygen atoms in total. The number of hydrogen-bond acceptors (Lipinski definition) is 1. The fraction of sp³-hybridized carbons (Fsp3) is 1.00. The van der Waals surface area contributed by atoms with E-state index >= 15 is 0 Å². The van der Waals surface area contributed by atoms with Crippen LogP contribution in [0, 0.1) is 5.92 Å². The first-order valence-electron chi connectivity index (χ1n) is 3.36. The molecule has 0 aliphatic carbocycles. The van der Waals surface area contributed by atoms with E-state index in [-0.39, 0.29) is 6.10 Å². The Labute approximate surface area is 71.0 Å². The van der Waals surface area contributed by atoms with Gasteiger partial charge in [-0.1, -0.05) is 36.4 Å². The third-order valence-corrected chi connectivity index (χ3v) is 3.24. The molecule has 0 aromatic rings. The lowest BCUT2D eigenvalue weighted by Gasteiger charge is -2.14. The van der Waals surface area contributed by atoms with E-state index in [0.29, 0.717) is 9.84 Å². The van der Waals surface area contributed by atoms with Crippen LogP contribution in [0.5, 0.6) is 0 Å². The zero-order valence-corrected chi connectivity index (χ0v) is 8.42. The van der Waals surface area contributed by atoms with Crippen LogP contribution in [0.3, 0.4) is 0 Å². The Bertz CT molecular complexity index is 71.3. The van der Waals surface area contributed by atoms with Crippen molar-refractivity contribution < 1.29 is 5.11 Å². The predicted octanol–water partition coefficient (Wildman–Crippen LogP) is 2.22. The van der Waals surface area contributed by atoms with E-state index in [0.717, 1.165) is 6.42 Å². The third-order valence-electron chi connectivity index (χ3n) is 1.29. The highest BCUT2D eigenvalue weighted by Crippen LogP contribution is 2.17. The van der Waals surface area contributed by atoms with E-state index in [2.05, 4.69) is 36.4 Å². The minimum Gasteiger partial charge on any atom is -0.393 e. The first-order valence-corrected chi connectivity index (χ1v) is 4.60. The summed E-state index contributed by atoms with van der Waals surface area (Å²) in [5.41, 5.74) is 0. The third kappa shape index (κ3) is 5.15. The van der Waals surface area contributed by atoms with E-state index in [1.54, 1.807) is 0 Å². The van der Waals surface area contributed by atoms with E-state index in [1.807, 2.05) is 6.92 Å². The van der Waals surface area contributed by atoms with Crippen molar-refractivity contribution in [3.63, 3.8) is 0 Å². The quantitative estimate of drug-likeness (QED) is 0.594. The molecular formula is C7H15IO. The summed E-state index contributed by atoms with van der Waals surface area (Å²) in [5.74, 6) is 0.681. The molecule has 2 heteroatoms. The summed E-state index contributed by atoms with van der Waals surface area (Å²) in [6.07, 6.45) is 0.771. The number of aliphatic hydroxyl groups is 1. The Balaban J connectivity index is 3.38. The first-order chi connectivity index (χ1) is 4.04. The largest absolute Gasteiger partial charge is 0.393 e. The standard InChI is InChI=1S/C7H15IO/c1-5(2)7(8)4-6(3)9/h5-7,9H,4H2,1-3H3. The monoisotopic (exact) mass is 242 g/mol. The zero-order valence-electron chi connectivity index (χ0n) is 6.26. The zero-order chi connectivity index (χ0) is 7.44. The fourth-order valence-electron chi connectivity index (χ4n) is 0.598. The molecule has 0 radical (unpaired) electrons. The van der Waals surface area contributed by atoms with Crippen LogP contribution < -0.4 is 0 Å². The van der Waals surface area contributed by atoms with Crippen LogP contribution >= 0.6 is 22.6 Å². The number of hydrogen-bond donors (Lipinski definition) is 1. The van der Waals surface area contributed by atoms with Gasteiger partial charge >= 0.3 is 0 Å². The van der Waals surface area contributed by atoms with Crippen LogP contribution in [-0.4, -0.2) is 15.1 Å². The van der Waals surface area contributed by atoms with Crippen LogP contribution in [-0.2, 0) is 0 Å². The van der Waals surface area contributed by atoms with Gasteiger partial charge < -0.3 is 5.11 Å². The second-order valence-corrected chi connectivity index (χ2v) is 4.44. The molecule has 2 unspecified atom stereocenters. The minimum atomic E-state index is -0.144. The summed E-state index contributed by atoms with van der Waals surface area (Å²) < 4.78 is 0.614. The van der Waals surface area contributed by atoms with Crippen molar-refractivity contribution in [2.24, 2.45) is 5.92 Å². The summed E-state index contributed by atoms with van der Waals surface area (Å²) in [4.78, 5) is 0. The molecule has 0 heterocycles. The topological polar surface area (TPSA) is 20.2 Å². The van der Waals surface area contributed by atoms with Crippen LogP contribution in [0.2, 0.25) is 0 Å². The molecule has 1 N–H and O–H groups in total.